The van der Waals surface area contributed by atoms with Gasteiger partial charge < -0.3 is 10.3 Å². The smallest absolute Gasteiger partial charge is 0.328 e. The van der Waals surface area contributed by atoms with Crippen molar-refractivity contribution < 1.29 is 13.2 Å². The first kappa shape index (κ1) is 13.9. The fraction of sp³-hybridized carbons (Fsp3) is 0.462. The van der Waals surface area contributed by atoms with E-state index in [1.165, 1.54) is 0 Å². The molecule has 0 saturated heterocycles. The number of hydrogen-bond donors (Lipinski definition) is 1. The molecule has 1 unspecified atom stereocenters. The van der Waals surface area contributed by atoms with Gasteiger partial charge in [0.05, 0.1) is 17.5 Å². The van der Waals surface area contributed by atoms with Gasteiger partial charge in [0.2, 0.25) is 0 Å². The van der Waals surface area contributed by atoms with Gasteiger partial charge in [-0.3, -0.25) is 0 Å². The minimum atomic E-state index is -4.23. The summed E-state index contributed by atoms with van der Waals surface area (Å²) >= 11 is 0. The minimum Gasteiger partial charge on any atom is -0.328 e. The molecule has 0 amide bonds. The minimum absolute atomic E-state index is 0.127. The number of nitrogens with two attached hydrogens (primary N) is 1. The molecular weight excluding hydrogens is 255 g/mol. The van der Waals surface area contributed by atoms with E-state index >= 15 is 0 Å². The quantitative estimate of drug-likeness (QED) is 0.929. The van der Waals surface area contributed by atoms with E-state index in [2.05, 4.69) is 4.98 Å². The van der Waals surface area contributed by atoms with Crippen LogP contribution in [0.25, 0.3) is 11.0 Å². The van der Waals surface area contributed by atoms with Crippen LogP contribution in [0.5, 0.6) is 0 Å². The number of halogens is 3. The predicted molar refractivity (Wildman–Crippen MR) is 67.8 cm³/mol. The molecule has 0 radical (unpaired) electrons. The summed E-state index contributed by atoms with van der Waals surface area (Å²) in [5.74, 6) is 0.612. The number of hydrogen-bond acceptors (Lipinski definition) is 2. The normalized spacial score (nSPS) is 13.9. The van der Waals surface area contributed by atoms with Crippen molar-refractivity contribution in [1.29, 1.82) is 0 Å². The molecule has 0 aliphatic carbocycles. The second-order valence-electron chi connectivity index (χ2n) is 4.54. The molecule has 0 spiro atoms. The van der Waals surface area contributed by atoms with Gasteiger partial charge >= 0.3 is 6.18 Å². The van der Waals surface area contributed by atoms with Crippen molar-refractivity contribution in [3.63, 3.8) is 0 Å². The lowest BCUT2D eigenvalue weighted by Crippen LogP contribution is -2.30. The predicted octanol–water partition coefficient (Wildman–Crippen LogP) is 2.88. The lowest BCUT2D eigenvalue weighted by atomic mass is 10.1. The topological polar surface area (TPSA) is 43.8 Å². The molecule has 2 rings (SSSR count). The standard InChI is InChI=1S/C13H16F3N3/c1-2-19-11-6-4-3-5-10(11)18-12(19)7-9(17)8-13(14,15)16/h3-6,9H,2,7-8,17H2,1H3. The fourth-order valence-electron chi connectivity index (χ4n) is 2.24. The first-order chi connectivity index (χ1) is 8.90. The molecule has 104 valence electrons. The van der Waals surface area contributed by atoms with Gasteiger partial charge in [0.1, 0.15) is 5.82 Å². The molecule has 2 aromatic rings. The van der Waals surface area contributed by atoms with Crippen LogP contribution in [-0.4, -0.2) is 21.8 Å². The van der Waals surface area contributed by atoms with E-state index in [1.807, 2.05) is 35.8 Å². The molecule has 19 heavy (non-hydrogen) atoms. The Hall–Kier alpha value is -1.56. The Morgan fingerprint density at radius 3 is 2.63 bits per heavy atom. The zero-order valence-corrected chi connectivity index (χ0v) is 10.6. The summed E-state index contributed by atoms with van der Waals surface area (Å²) in [6, 6.07) is 6.54. The highest BCUT2D eigenvalue weighted by molar-refractivity contribution is 5.75. The first-order valence-electron chi connectivity index (χ1n) is 6.17. The number of benzene rings is 1. The van der Waals surface area contributed by atoms with Gasteiger partial charge in [-0.25, -0.2) is 4.98 Å². The number of para-hydroxylation sites is 2. The molecule has 1 aromatic carbocycles. The monoisotopic (exact) mass is 271 g/mol. The van der Waals surface area contributed by atoms with E-state index in [-0.39, 0.29) is 6.42 Å². The number of fused-ring (bicyclic) bond motifs is 1. The van der Waals surface area contributed by atoms with Crippen LogP contribution >= 0.6 is 0 Å². The number of alkyl halides is 3. The molecular formula is C13H16F3N3. The Bertz CT molecular complexity index is 560. The van der Waals surface area contributed by atoms with Gasteiger partial charge in [0.25, 0.3) is 0 Å². The zero-order valence-electron chi connectivity index (χ0n) is 10.6. The van der Waals surface area contributed by atoms with Gasteiger partial charge in [0, 0.05) is 19.0 Å². The average molecular weight is 271 g/mol. The molecule has 6 heteroatoms. The Morgan fingerprint density at radius 2 is 2.00 bits per heavy atom. The maximum absolute atomic E-state index is 12.3. The van der Waals surface area contributed by atoms with E-state index in [9.17, 15) is 13.2 Å². The lowest BCUT2D eigenvalue weighted by Gasteiger charge is -2.14. The third-order valence-electron chi connectivity index (χ3n) is 2.99. The van der Waals surface area contributed by atoms with Crippen LogP contribution in [0.1, 0.15) is 19.2 Å². The van der Waals surface area contributed by atoms with Crippen LogP contribution in [0.3, 0.4) is 0 Å². The summed E-state index contributed by atoms with van der Waals surface area (Å²) in [6.45, 7) is 2.60. The largest absolute Gasteiger partial charge is 0.390 e. The van der Waals surface area contributed by atoms with E-state index in [0.717, 1.165) is 11.0 Å². The van der Waals surface area contributed by atoms with E-state index in [0.29, 0.717) is 12.4 Å². The number of nitrogens with zero attached hydrogens (tertiary/aromatic N) is 2. The van der Waals surface area contributed by atoms with Crippen LogP contribution in [0.15, 0.2) is 24.3 Å². The summed E-state index contributed by atoms with van der Waals surface area (Å²) in [5.41, 5.74) is 7.28. The maximum atomic E-state index is 12.3. The first-order valence-corrected chi connectivity index (χ1v) is 6.17. The molecule has 1 atom stereocenters. The average Bonchev–Trinajstić information content (AvgIpc) is 2.63. The van der Waals surface area contributed by atoms with Gasteiger partial charge in [0.15, 0.2) is 0 Å². The maximum Gasteiger partial charge on any atom is 0.390 e. The Kier molecular flexibility index (Phi) is 3.80. The van der Waals surface area contributed by atoms with Crippen molar-refractivity contribution in [3.8, 4) is 0 Å². The SMILES string of the molecule is CCn1c(CC(N)CC(F)(F)F)nc2ccccc21. The van der Waals surface area contributed by atoms with Gasteiger partial charge in [-0.15, -0.1) is 0 Å². The summed E-state index contributed by atoms with van der Waals surface area (Å²) in [4.78, 5) is 4.37. The summed E-state index contributed by atoms with van der Waals surface area (Å²) in [6.07, 6.45) is -5.09. The van der Waals surface area contributed by atoms with Crippen molar-refractivity contribution in [2.45, 2.75) is 38.5 Å². The van der Waals surface area contributed by atoms with E-state index < -0.39 is 18.6 Å². The molecule has 0 aliphatic heterocycles. The van der Waals surface area contributed by atoms with Crippen LogP contribution < -0.4 is 5.73 Å². The molecule has 2 N–H and O–H groups in total. The van der Waals surface area contributed by atoms with Gasteiger partial charge in [-0.1, -0.05) is 12.1 Å². The van der Waals surface area contributed by atoms with Crippen LogP contribution in [-0.2, 0) is 13.0 Å². The molecule has 1 aromatic heterocycles. The van der Waals surface area contributed by atoms with Gasteiger partial charge in [-0.2, -0.15) is 13.2 Å². The van der Waals surface area contributed by atoms with Crippen LogP contribution in [0.4, 0.5) is 13.2 Å². The molecule has 0 fully saturated rings. The second-order valence-corrected chi connectivity index (χ2v) is 4.54. The highest BCUT2D eigenvalue weighted by Gasteiger charge is 2.31. The van der Waals surface area contributed by atoms with E-state index in [4.69, 9.17) is 5.73 Å². The number of aromatic nitrogens is 2. The Morgan fingerprint density at radius 1 is 1.32 bits per heavy atom. The molecule has 0 aliphatic rings. The molecule has 0 saturated carbocycles. The highest BCUT2D eigenvalue weighted by Crippen LogP contribution is 2.23. The zero-order chi connectivity index (χ0) is 14.0. The molecule has 1 heterocycles. The summed E-state index contributed by atoms with van der Waals surface area (Å²) in [5, 5.41) is 0. The summed E-state index contributed by atoms with van der Waals surface area (Å²) in [7, 11) is 0. The Balaban J connectivity index is 2.25. The highest BCUT2D eigenvalue weighted by atomic mass is 19.4. The van der Waals surface area contributed by atoms with Crippen LogP contribution in [0.2, 0.25) is 0 Å². The third kappa shape index (κ3) is 3.26. The Labute approximate surface area is 109 Å². The lowest BCUT2D eigenvalue weighted by molar-refractivity contribution is -0.138. The van der Waals surface area contributed by atoms with E-state index in [1.54, 1.807) is 0 Å². The van der Waals surface area contributed by atoms with Crippen molar-refractivity contribution >= 4 is 11.0 Å². The fourth-order valence-corrected chi connectivity index (χ4v) is 2.24. The van der Waals surface area contributed by atoms with Crippen molar-refractivity contribution in [3.05, 3.63) is 30.1 Å². The summed E-state index contributed by atoms with van der Waals surface area (Å²) < 4.78 is 38.8. The third-order valence-corrected chi connectivity index (χ3v) is 2.99. The molecule has 3 nitrogen and oxygen atoms in total. The number of imidazole rings is 1. The molecule has 0 bridgehead atoms. The van der Waals surface area contributed by atoms with Crippen molar-refractivity contribution in [1.82, 2.24) is 9.55 Å². The second kappa shape index (κ2) is 5.21. The number of rotatable bonds is 4. The van der Waals surface area contributed by atoms with Gasteiger partial charge in [-0.05, 0) is 19.1 Å². The van der Waals surface area contributed by atoms with Crippen LogP contribution in [0, 0.1) is 0 Å². The van der Waals surface area contributed by atoms with Crippen molar-refractivity contribution in [2.75, 3.05) is 0 Å². The van der Waals surface area contributed by atoms with Crippen molar-refractivity contribution in [2.24, 2.45) is 5.73 Å². The number of aryl methyl sites for hydroxylation is 1.